The number of thiocarbonyl (C=S) groups is 1. The fraction of sp³-hybridized carbons (Fsp3) is 0.250. The van der Waals surface area contributed by atoms with E-state index in [1.165, 1.54) is 6.92 Å². The number of anilines is 1. The van der Waals surface area contributed by atoms with Gasteiger partial charge in [0.25, 0.3) is 0 Å². The van der Waals surface area contributed by atoms with Crippen molar-refractivity contribution in [2.75, 3.05) is 12.4 Å². The summed E-state index contributed by atoms with van der Waals surface area (Å²) in [6.45, 7) is 1.48. The van der Waals surface area contributed by atoms with Gasteiger partial charge in [0.15, 0.2) is 10.9 Å². The highest BCUT2D eigenvalue weighted by molar-refractivity contribution is 7.80. The first-order valence-corrected chi connectivity index (χ1v) is 10.3. The van der Waals surface area contributed by atoms with Crippen LogP contribution < -0.4 is 20.7 Å². The average Bonchev–Trinajstić information content (AvgIpc) is 2.67. The number of carbonyl (C=O) groups excluding carboxylic acids is 2. The van der Waals surface area contributed by atoms with E-state index in [9.17, 15) is 9.59 Å². The van der Waals surface area contributed by atoms with Crippen LogP contribution in [-0.2, 0) is 11.2 Å². The normalized spacial score (nSPS) is 11.9. The van der Waals surface area contributed by atoms with Gasteiger partial charge in [-0.1, -0.05) is 46.9 Å². The molecule has 0 heterocycles. The smallest absolute Gasteiger partial charge is 0.228 e. The zero-order valence-corrected chi connectivity index (χ0v) is 19.3. The molecule has 0 fully saturated rings. The van der Waals surface area contributed by atoms with Gasteiger partial charge >= 0.3 is 0 Å². The van der Waals surface area contributed by atoms with Crippen LogP contribution in [0.5, 0.6) is 5.75 Å². The molecule has 0 bridgehead atoms. The van der Waals surface area contributed by atoms with Crippen molar-refractivity contribution in [3.63, 3.8) is 0 Å². The molecule has 0 saturated carbocycles. The second-order valence-electron chi connectivity index (χ2n) is 6.30. The number of ether oxygens (including phenoxy) is 1. The molecule has 3 N–H and O–H groups in total. The summed E-state index contributed by atoms with van der Waals surface area (Å²) >= 11 is 23.2. The Bertz CT molecular complexity index is 900. The maximum absolute atomic E-state index is 12.4. The second kappa shape index (κ2) is 10.8. The van der Waals surface area contributed by atoms with Crippen molar-refractivity contribution in [1.82, 2.24) is 10.6 Å². The quantitative estimate of drug-likeness (QED) is 0.234. The number of nitrogens with one attached hydrogen (secondary N) is 3. The highest BCUT2D eigenvalue weighted by Gasteiger charge is 2.34. The van der Waals surface area contributed by atoms with Gasteiger partial charge in [-0.05, 0) is 61.1 Å². The standard InChI is InChI=1S/C20H20Cl3N3O3S/c1-12(27)14-5-7-15(8-6-14)24-19(30)26-18(20(21,22)23)25-17(28)11-13-3-9-16(29-2)10-4-13/h3-10,18H,11H2,1-2H3,(H,25,28)(H2,24,26,30). The molecule has 10 heteroatoms. The van der Waals surface area contributed by atoms with Crippen LogP contribution >= 0.6 is 47.0 Å². The number of Topliss-reactive ketones (excluding diaryl/α,β-unsaturated/α-hetero) is 1. The summed E-state index contributed by atoms with van der Waals surface area (Å²) < 4.78 is 3.23. The van der Waals surface area contributed by atoms with Crippen LogP contribution in [0.15, 0.2) is 48.5 Å². The van der Waals surface area contributed by atoms with Crippen molar-refractivity contribution in [3.8, 4) is 5.75 Å². The van der Waals surface area contributed by atoms with Gasteiger partial charge in [0.1, 0.15) is 11.9 Å². The van der Waals surface area contributed by atoms with Gasteiger partial charge in [-0.25, -0.2) is 0 Å². The monoisotopic (exact) mass is 487 g/mol. The van der Waals surface area contributed by atoms with Gasteiger partial charge in [0.2, 0.25) is 9.70 Å². The first-order valence-electron chi connectivity index (χ1n) is 8.76. The van der Waals surface area contributed by atoms with Crippen molar-refractivity contribution in [1.29, 1.82) is 0 Å². The summed E-state index contributed by atoms with van der Waals surface area (Å²) in [5.74, 6) is 0.281. The number of ketones is 1. The van der Waals surface area contributed by atoms with Crippen molar-refractivity contribution in [3.05, 3.63) is 59.7 Å². The van der Waals surface area contributed by atoms with Gasteiger partial charge in [0, 0.05) is 11.3 Å². The number of alkyl halides is 3. The molecular weight excluding hydrogens is 469 g/mol. The Labute approximate surface area is 195 Å². The Morgan fingerprint density at radius 1 is 1.03 bits per heavy atom. The summed E-state index contributed by atoms with van der Waals surface area (Å²) in [6, 6.07) is 13.8. The molecule has 2 aromatic carbocycles. The number of hydrogen-bond acceptors (Lipinski definition) is 4. The third-order valence-corrected chi connectivity index (χ3v) is 4.86. The van der Waals surface area contributed by atoms with Crippen molar-refractivity contribution < 1.29 is 14.3 Å². The van der Waals surface area contributed by atoms with E-state index in [1.54, 1.807) is 55.6 Å². The molecule has 160 valence electrons. The van der Waals surface area contributed by atoms with Crippen LogP contribution in [0, 0.1) is 0 Å². The molecule has 0 aromatic heterocycles. The lowest BCUT2D eigenvalue weighted by molar-refractivity contribution is -0.121. The Kier molecular flexibility index (Phi) is 8.73. The Morgan fingerprint density at radius 3 is 2.13 bits per heavy atom. The Morgan fingerprint density at radius 2 is 1.63 bits per heavy atom. The minimum atomic E-state index is -1.86. The molecule has 0 aliphatic heterocycles. The summed E-state index contributed by atoms with van der Waals surface area (Å²) in [5, 5.41) is 8.45. The zero-order chi connectivity index (χ0) is 22.3. The maximum atomic E-state index is 12.4. The maximum Gasteiger partial charge on any atom is 0.228 e. The van der Waals surface area contributed by atoms with E-state index in [0.717, 1.165) is 5.56 Å². The minimum Gasteiger partial charge on any atom is -0.497 e. The summed E-state index contributed by atoms with van der Waals surface area (Å²) in [4.78, 5) is 23.8. The van der Waals surface area contributed by atoms with Crippen LogP contribution in [0.4, 0.5) is 5.69 Å². The van der Waals surface area contributed by atoms with Gasteiger partial charge < -0.3 is 20.7 Å². The molecule has 1 atom stereocenters. The molecule has 0 spiro atoms. The van der Waals surface area contributed by atoms with E-state index in [0.29, 0.717) is 17.0 Å². The number of hydrogen-bond donors (Lipinski definition) is 3. The van der Waals surface area contributed by atoms with E-state index in [4.69, 9.17) is 51.8 Å². The molecule has 0 aliphatic rings. The molecule has 0 aliphatic carbocycles. The van der Waals surface area contributed by atoms with Gasteiger partial charge in [-0.3, -0.25) is 9.59 Å². The molecule has 1 amide bonds. The van der Waals surface area contributed by atoms with Crippen LogP contribution in [-0.4, -0.2) is 33.9 Å². The first kappa shape index (κ1) is 24.2. The van der Waals surface area contributed by atoms with Crippen molar-refractivity contribution in [2.45, 2.75) is 23.3 Å². The van der Waals surface area contributed by atoms with E-state index in [-0.39, 0.29) is 23.2 Å². The van der Waals surface area contributed by atoms with Crippen LogP contribution in [0.25, 0.3) is 0 Å². The number of halogens is 3. The van der Waals surface area contributed by atoms with Gasteiger partial charge in [-0.2, -0.15) is 0 Å². The highest BCUT2D eigenvalue weighted by Crippen LogP contribution is 2.29. The SMILES string of the molecule is COc1ccc(CC(=O)NC(NC(=S)Nc2ccc(C(C)=O)cc2)C(Cl)(Cl)Cl)cc1. The lowest BCUT2D eigenvalue weighted by Crippen LogP contribution is -2.56. The number of amides is 1. The minimum absolute atomic E-state index is 0.0434. The molecule has 0 radical (unpaired) electrons. The third-order valence-electron chi connectivity index (χ3n) is 3.98. The second-order valence-corrected chi connectivity index (χ2v) is 9.08. The molecule has 30 heavy (non-hydrogen) atoms. The Balaban J connectivity index is 1.98. The predicted molar refractivity (Wildman–Crippen MR) is 125 cm³/mol. The first-order chi connectivity index (χ1) is 14.1. The summed E-state index contributed by atoms with van der Waals surface area (Å²) in [5.41, 5.74) is 1.97. The van der Waals surface area contributed by atoms with Crippen molar-refractivity contribution in [2.24, 2.45) is 0 Å². The highest BCUT2D eigenvalue weighted by atomic mass is 35.6. The largest absolute Gasteiger partial charge is 0.497 e. The third kappa shape index (κ3) is 7.65. The fourth-order valence-electron chi connectivity index (χ4n) is 2.43. The number of carbonyl (C=O) groups is 2. The van der Waals surface area contributed by atoms with Crippen molar-refractivity contribution >= 4 is 69.5 Å². The molecular formula is C20H20Cl3N3O3S. The van der Waals surface area contributed by atoms with E-state index in [1.807, 2.05) is 0 Å². The average molecular weight is 489 g/mol. The number of benzene rings is 2. The molecule has 1 unspecified atom stereocenters. The molecule has 6 nitrogen and oxygen atoms in total. The van der Waals surface area contributed by atoms with Crippen LogP contribution in [0.1, 0.15) is 22.8 Å². The topological polar surface area (TPSA) is 79.5 Å². The zero-order valence-electron chi connectivity index (χ0n) is 16.2. The predicted octanol–water partition coefficient (Wildman–Crippen LogP) is 4.24. The fourth-order valence-corrected chi connectivity index (χ4v) is 2.99. The Hall–Kier alpha value is -2.06. The molecule has 0 saturated heterocycles. The summed E-state index contributed by atoms with van der Waals surface area (Å²) in [6.07, 6.45) is -1.000. The van der Waals surface area contributed by atoms with Gasteiger partial charge in [-0.15, -0.1) is 0 Å². The molecule has 2 aromatic rings. The van der Waals surface area contributed by atoms with E-state index in [2.05, 4.69) is 16.0 Å². The lowest BCUT2D eigenvalue weighted by atomic mass is 10.1. The summed E-state index contributed by atoms with van der Waals surface area (Å²) in [7, 11) is 1.56. The van der Waals surface area contributed by atoms with Crippen LogP contribution in [0.2, 0.25) is 0 Å². The molecule has 2 rings (SSSR count). The van der Waals surface area contributed by atoms with Crippen LogP contribution in [0.3, 0.4) is 0 Å². The number of rotatable bonds is 7. The lowest BCUT2D eigenvalue weighted by Gasteiger charge is -2.27. The van der Waals surface area contributed by atoms with Gasteiger partial charge in [0.05, 0.1) is 13.5 Å². The number of methoxy groups -OCH3 is 1. The van der Waals surface area contributed by atoms with E-state index < -0.39 is 9.96 Å². The van der Waals surface area contributed by atoms with E-state index >= 15 is 0 Å².